The lowest BCUT2D eigenvalue weighted by molar-refractivity contribution is -0.137. The van der Waals surface area contributed by atoms with E-state index in [9.17, 15) is 22.8 Å². The number of fused-ring (bicyclic) bond motifs is 1. The third-order valence-corrected chi connectivity index (χ3v) is 7.82. The monoisotopic (exact) mass is 616 g/mol. The largest absolute Gasteiger partial charge is 0.416 e. The van der Waals surface area contributed by atoms with E-state index >= 15 is 0 Å². The Morgan fingerprint density at radius 2 is 1.71 bits per heavy atom. The summed E-state index contributed by atoms with van der Waals surface area (Å²) in [6.45, 7) is 5.83. The number of carbonyl (C=O) groups is 2. The zero-order valence-corrected chi connectivity index (χ0v) is 24.7. The molecule has 0 bridgehead atoms. The van der Waals surface area contributed by atoms with Gasteiger partial charge < -0.3 is 20.9 Å². The van der Waals surface area contributed by atoms with Gasteiger partial charge in [-0.2, -0.15) is 18.2 Å². The zero-order valence-electron chi connectivity index (χ0n) is 24.7. The Bertz CT molecular complexity index is 1740. The van der Waals surface area contributed by atoms with Crippen molar-refractivity contribution in [1.29, 1.82) is 0 Å². The molecule has 2 aliphatic heterocycles. The number of carbonyl (C=O) groups excluding carboxylic acids is 2. The molecule has 4 aromatic rings. The second kappa shape index (κ2) is 12.1. The van der Waals surface area contributed by atoms with Crippen LogP contribution in [0.15, 0.2) is 72.9 Å². The molecule has 1 saturated heterocycles. The maximum atomic E-state index is 13.6. The molecule has 3 N–H and O–H groups in total. The molecule has 10 nitrogen and oxygen atoms in total. The summed E-state index contributed by atoms with van der Waals surface area (Å²) in [5, 5.41) is 9.21. The van der Waals surface area contributed by atoms with E-state index in [1.54, 1.807) is 36.3 Å². The van der Waals surface area contributed by atoms with Gasteiger partial charge in [-0.15, -0.1) is 0 Å². The van der Waals surface area contributed by atoms with E-state index in [0.717, 1.165) is 60.8 Å². The van der Waals surface area contributed by atoms with Crippen LogP contribution in [0.25, 0.3) is 0 Å². The van der Waals surface area contributed by atoms with Crippen molar-refractivity contribution >= 4 is 46.5 Å². The number of aryl methyl sites for hydroxylation is 1. The molecule has 1 fully saturated rings. The summed E-state index contributed by atoms with van der Waals surface area (Å²) in [5.41, 5.74) is 3.27. The first-order valence-corrected chi connectivity index (χ1v) is 14.4. The quantitative estimate of drug-likeness (QED) is 0.252. The number of hydrogen-bond acceptors (Lipinski definition) is 7. The molecule has 0 spiro atoms. The Morgan fingerprint density at radius 3 is 2.44 bits per heavy atom. The number of aromatic nitrogens is 2. The van der Waals surface area contributed by atoms with Crippen LogP contribution < -0.4 is 30.7 Å². The number of anilines is 6. The normalized spacial score (nSPS) is 15.1. The number of rotatable bonds is 6. The molecular weight excluding hydrogens is 585 g/mol. The third-order valence-electron chi connectivity index (χ3n) is 7.82. The molecule has 232 valence electrons. The van der Waals surface area contributed by atoms with Gasteiger partial charge in [-0.25, -0.2) is 9.78 Å². The Labute approximate surface area is 257 Å². The fourth-order valence-corrected chi connectivity index (χ4v) is 5.38. The third kappa shape index (κ3) is 6.38. The summed E-state index contributed by atoms with van der Waals surface area (Å²) in [7, 11) is 1.63. The first kappa shape index (κ1) is 29.9. The standard InChI is InChI=1S/C32H31F3N8O2/c1-20-6-7-25(38-29(44)21-4-3-5-23(16-21)32(33,34)35)17-27(20)43-19-22-18-37-30(40-28(22)41(2)31(43)45)39-24-8-10-26(11-9-24)42-14-12-36-13-15-42/h3-11,16-18,36H,12-15,19H2,1-2H3,(H,38,44)(H,37,39,40). The van der Waals surface area contributed by atoms with Crippen LogP contribution in [0.4, 0.5) is 52.5 Å². The fourth-order valence-electron chi connectivity index (χ4n) is 5.38. The van der Waals surface area contributed by atoms with Crippen LogP contribution in [0.3, 0.4) is 0 Å². The highest BCUT2D eigenvalue weighted by Gasteiger charge is 2.32. The van der Waals surface area contributed by atoms with E-state index in [1.807, 2.05) is 19.1 Å². The van der Waals surface area contributed by atoms with Crippen LogP contribution in [-0.4, -0.2) is 55.1 Å². The summed E-state index contributed by atoms with van der Waals surface area (Å²) < 4.78 is 39.4. The predicted molar refractivity (Wildman–Crippen MR) is 167 cm³/mol. The van der Waals surface area contributed by atoms with Crippen LogP contribution in [0.1, 0.15) is 27.0 Å². The molecule has 13 heteroatoms. The van der Waals surface area contributed by atoms with Gasteiger partial charge in [-0.1, -0.05) is 12.1 Å². The number of nitrogens with zero attached hydrogens (tertiary/aromatic N) is 5. The van der Waals surface area contributed by atoms with Crippen molar-refractivity contribution in [1.82, 2.24) is 15.3 Å². The van der Waals surface area contributed by atoms with Crippen molar-refractivity contribution in [3.63, 3.8) is 0 Å². The molecule has 3 amide bonds. The summed E-state index contributed by atoms with van der Waals surface area (Å²) in [6, 6.07) is 16.9. The summed E-state index contributed by atoms with van der Waals surface area (Å²) in [6.07, 6.45) is -2.90. The van der Waals surface area contributed by atoms with Crippen LogP contribution >= 0.6 is 0 Å². The molecule has 3 heterocycles. The Kier molecular flexibility index (Phi) is 8.02. The first-order valence-electron chi connectivity index (χ1n) is 14.4. The molecule has 2 aliphatic rings. The molecule has 0 unspecified atom stereocenters. The van der Waals surface area contributed by atoms with E-state index < -0.39 is 17.6 Å². The zero-order chi connectivity index (χ0) is 31.7. The van der Waals surface area contributed by atoms with Gasteiger partial charge in [0, 0.05) is 67.6 Å². The topological polar surface area (TPSA) is 106 Å². The minimum Gasteiger partial charge on any atom is -0.369 e. The molecule has 1 aromatic heterocycles. The first-order chi connectivity index (χ1) is 21.6. The van der Waals surface area contributed by atoms with Gasteiger partial charge in [0.15, 0.2) is 0 Å². The van der Waals surface area contributed by atoms with E-state index in [4.69, 9.17) is 0 Å². The van der Waals surface area contributed by atoms with Crippen molar-refractivity contribution in [3.05, 3.63) is 95.2 Å². The number of urea groups is 1. The number of piperazine rings is 1. The summed E-state index contributed by atoms with van der Waals surface area (Å²) in [4.78, 5) is 40.8. The fraction of sp³-hybridized carbons (Fsp3) is 0.250. The van der Waals surface area contributed by atoms with Gasteiger partial charge in [0.25, 0.3) is 5.91 Å². The number of benzene rings is 3. The second-order valence-electron chi connectivity index (χ2n) is 10.9. The van der Waals surface area contributed by atoms with Crippen LogP contribution in [-0.2, 0) is 12.7 Å². The minimum atomic E-state index is -4.57. The van der Waals surface area contributed by atoms with Crippen LogP contribution in [0, 0.1) is 6.92 Å². The van der Waals surface area contributed by atoms with E-state index in [-0.39, 0.29) is 18.1 Å². The maximum absolute atomic E-state index is 13.6. The Morgan fingerprint density at radius 1 is 0.978 bits per heavy atom. The number of amides is 3. The average molecular weight is 617 g/mol. The van der Waals surface area contributed by atoms with Gasteiger partial charge >= 0.3 is 12.2 Å². The summed E-state index contributed by atoms with van der Waals surface area (Å²) >= 11 is 0. The smallest absolute Gasteiger partial charge is 0.369 e. The molecule has 45 heavy (non-hydrogen) atoms. The van der Waals surface area contributed by atoms with Gasteiger partial charge in [0.05, 0.1) is 17.8 Å². The van der Waals surface area contributed by atoms with Crippen molar-refractivity contribution in [3.8, 4) is 0 Å². The van der Waals surface area contributed by atoms with Crippen molar-refractivity contribution in [2.24, 2.45) is 0 Å². The van der Waals surface area contributed by atoms with E-state index in [1.165, 1.54) is 17.0 Å². The van der Waals surface area contributed by atoms with E-state index in [2.05, 4.69) is 43.0 Å². The number of hydrogen-bond donors (Lipinski definition) is 3. The lowest BCUT2D eigenvalue weighted by Crippen LogP contribution is -2.46. The van der Waals surface area contributed by atoms with Crippen LogP contribution in [0.5, 0.6) is 0 Å². The molecule has 0 radical (unpaired) electrons. The maximum Gasteiger partial charge on any atom is 0.416 e. The molecule has 3 aromatic carbocycles. The Hall–Kier alpha value is -5.17. The lowest BCUT2D eigenvalue weighted by atomic mass is 10.1. The molecule has 6 rings (SSSR count). The van der Waals surface area contributed by atoms with Crippen molar-refractivity contribution < 1.29 is 22.8 Å². The van der Waals surface area contributed by atoms with Gasteiger partial charge in [-0.3, -0.25) is 14.6 Å². The molecular formula is C32H31F3N8O2. The van der Waals surface area contributed by atoms with Gasteiger partial charge in [0.2, 0.25) is 5.95 Å². The van der Waals surface area contributed by atoms with Gasteiger partial charge in [-0.05, 0) is 67.1 Å². The number of nitrogens with one attached hydrogen (secondary N) is 3. The highest BCUT2D eigenvalue weighted by atomic mass is 19.4. The van der Waals surface area contributed by atoms with E-state index in [0.29, 0.717) is 23.1 Å². The minimum absolute atomic E-state index is 0.133. The second-order valence-corrected chi connectivity index (χ2v) is 10.9. The number of halogens is 3. The molecule has 0 saturated carbocycles. The highest BCUT2D eigenvalue weighted by Crippen LogP contribution is 2.34. The Balaban J connectivity index is 1.18. The van der Waals surface area contributed by atoms with Gasteiger partial charge in [0.1, 0.15) is 5.82 Å². The molecule has 0 aliphatic carbocycles. The van der Waals surface area contributed by atoms with Crippen molar-refractivity contribution in [2.45, 2.75) is 19.6 Å². The highest BCUT2D eigenvalue weighted by molar-refractivity contribution is 6.07. The lowest BCUT2D eigenvalue weighted by Gasteiger charge is -2.35. The SMILES string of the molecule is Cc1ccc(NC(=O)c2cccc(C(F)(F)F)c2)cc1N1Cc2cnc(Nc3ccc(N4CCNCC4)cc3)nc2N(C)C1=O. The summed E-state index contributed by atoms with van der Waals surface area (Å²) in [5.74, 6) is 0.125. The predicted octanol–water partition coefficient (Wildman–Crippen LogP) is 5.79. The van der Waals surface area contributed by atoms with Crippen molar-refractivity contribution in [2.75, 3.05) is 58.6 Å². The molecule has 0 atom stereocenters. The number of alkyl halides is 3. The van der Waals surface area contributed by atoms with Crippen LogP contribution in [0.2, 0.25) is 0 Å². The average Bonchev–Trinajstić information content (AvgIpc) is 3.04.